The van der Waals surface area contributed by atoms with Crippen molar-refractivity contribution in [3.63, 3.8) is 0 Å². The Kier molecular flexibility index (Phi) is 14.5. The topological polar surface area (TPSA) is 109 Å². The fourth-order valence-corrected chi connectivity index (χ4v) is 3.02. The molecule has 4 rings (SSSR count). The number of carbonyl (C=O) groups excluding carboxylic acids is 1. The van der Waals surface area contributed by atoms with E-state index in [2.05, 4.69) is 27.9 Å². The maximum atomic E-state index is 10.5. The SMILES string of the molecule is CC(=O)OCc1ccnc(C)c1.Cc1cc(CO)ccn1.Cc1cc[n+](O)c(C)c1.Cc1ccnc(C)c1. The minimum absolute atomic E-state index is 0.101. The predicted octanol–water partition coefficient (Wildman–Crippen LogP) is 4.86. The summed E-state index contributed by atoms with van der Waals surface area (Å²) in [6.07, 6.45) is 6.85. The van der Waals surface area contributed by atoms with E-state index >= 15 is 0 Å². The number of esters is 1. The van der Waals surface area contributed by atoms with Gasteiger partial charge in [-0.15, -0.1) is 0 Å². The number of hydrogen-bond donors (Lipinski definition) is 2. The molecule has 0 unspecified atom stereocenters. The Hall–Kier alpha value is -4.17. The molecule has 0 saturated heterocycles. The molecule has 8 nitrogen and oxygen atoms in total. The number of aryl methyl sites for hydroxylation is 6. The molecule has 0 amide bonds. The average molecular weight is 520 g/mol. The molecule has 4 heterocycles. The summed E-state index contributed by atoms with van der Waals surface area (Å²) >= 11 is 0. The third-order valence-electron chi connectivity index (χ3n) is 4.88. The van der Waals surface area contributed by atoms with Crippen LogP contribution in [0.2, 0.25) is 0 Å². The van der Waals surface area contributed by atoms with Gasteiger partial charge < -0.3 is 9.84 Å². The zero-order valence-corrected chi connectivity index (χ0v) is 23.3. The van der Waals surface area contributed by atoms with Gasteiger partial charge in [-0.25, -0.2) is 0 Å². The van der Waals surface area contributed by atoms with E-state index in [4.69, 9.17) is 15.1 Å². The van der Waals surface area contributed by atoms with E-state index in [0.717, 1.165) is 44.2 Å². The second-order valence-corrected chi connectivity index (χ2v) is 8.71. The van der Waals surface area contributed by atoms with Gasteiger partial charge in [0, 0.05) is 66.4 Å². The van der Waals surface area contributed by atoms with Crippen molar-refractivity contribution in [2.75, 3.05) is 0 Å². The molecule has 0 spiro atoms. The standard InChI is InChI=1S/C9H11NO2.C7H10NO.C7H9NO.C7H9N/c1-7-5-9(3-4-10-7)6-12-8(2)11;1-6-3-4-8(9)7(2)5-6;1-6-4-7(5-9)2-3-8-6;1-6-3-4-8-7(2)5-6/h3-5H,6H2,1-2H3;3-5,9H,1-2H3;2-4,9H,5H2,1H3;3-5H,1-2H3/q;+1;;. The summed E-state index contributed by atoms with van der Waals surface area (Å²) in [4.78, 5) is 22.5. The van der Waals surface area contributed by atoms with E-state index in [1.807, 2.05) is 77.2 Å². The van der Waals surface area contributed by atoms with Gasteiger partial charge in [0.05, 0.1) is 6.61 Å². The zero-order chi connectivity index (χ0) is 28.5. The Labute approximate surface area is 225 Å². The highest BCUT2D eigenvalue weighted by Crippen LogP contribution is 2.02. The van der Waals surface area contributed by atoms with Crippen LogP contribution in [0.3, 0.4) is 0 Å². The first-order valence-electron chi connectivity index (χ1n) is 12.1. The van der Waals surface area contributed by atoms with Gasteiger partial charge in [-0.1, -0.05) is 0 Å². The monoisotopic (exact) mass is 519 g/mol. The second kappa shape index (κ2) is 17.3. The minimum atomic E-state index is -0.260. The van der Waals surface area contributed by atoms with Crippen molar-refractivity contribution in [3.8, 4) is 0 Å². The number of pyridine rings is 4. The molecule has 4 aromatic rings. The molecule has 0 aliphatic carbocycles. The van der Waals surface area contributed by atoms with Gasteiger partial charge in [-0.05, 0) is 93.3 Å². The van der Waals surface area contributed by atoms with Crippen LogP contribution in [0.15, 0.2) is 73.3 Å². The molecule has 0 aliphatic rings. The van der Waals surface area contributed by atoms with Crippen LogP contribution in [0.25, 0.3) is 0 Å². The number of aliphatic hydroxyl groups is 1. The first-order valence-corrected chi connectivity index (χ1v) is 12.1. The molecular weight excluding hydrogens is 480 g/mol. The Balaban J connectivity index is 0.000000256. The largest absolute Gasteiger partial charge is 0.461 e. The molecule has 0 atom stereocenters. The number of aromatic nitrogens is 4. The average Bonchev–Trinajstić information content (AvgIpc) is 2.86. The summed E-state index contributed by atoms with van der Waals surface area (Å²) in [6.45, 7) is 13.5. The van der Waals surface area contributed by atoms with Gasteiger partial charge in [-0.3, -0.25) is 25.0 Å². The van der Waals surface area contributed by atoms with Crippen molar-refractivity contribution >= 4 is 5.97 Å². The van der Waals surface area contributed by atoms with Crippen LogP contribution in [0.4, 0.5) is 0 Å². The maximum Gasteiger partial charge on any atom is 0.302 e. The summed E-state index contributed by atoms with van der Waals surface area (Å²) < 4.78 is 5.92. The Morgan fingerprint density at radius 1 is 0.763 bits per heavy atom. The maximum absolute atomic E-state index is 10.5. The normalized spacial score (nSPS) is 9.47. The molecule has 0 aliphatic heterocycles. The Bertz CT molecular complexity index is 1260. The van der Waals surface area contributed by atoms with E-state index in [-0.39, 0.29) is 12.6 Å². The predicted molar refractivity (Wildman–Crippen MR) is 146 cm³/mol. The summed E-state index contributed by atoms with van der Waals surface area (Å²) in [5, 5.41) is 17.6. The lowest BCUT2D eigenvalue weighted by Gasteiger charge is -2.01. The van der Waals surface area contributed by atoms with Crippen LogP contribution >= 0.6 is 0 Å². The van der Waals surface area contributed by atoms with Crippen LogP contribution in [-0.4, -0.2) is 31.2 Å². The van der Waals surface area contributed by atoms with Crippen LogP contribution in [-0.2, 0) is 22.7 Å². The summed E-state index contributed by atoms with van der Waals surface area (Å²) in [6, 6.07) is 15.2. The van der Waals surface area contributed by atoms with Crippen LogP contribution in [0, 0.1) is 41.5 Å². The fourth-order valence-electron chi connectivity index (χ4n) is 3.02. The molecule has 2 N–H and O–H groups in total. The van der Waals surface area contributed by atoms with Gasteiger partial charge >= 0.3 is 5.97 Å². The number of aliphatic hydroxyl groups excluding tert-OH is 1. The van der Waals surface area contributed by atoms with Crippen LogP contribution in [0.5, 0.6) is 0 Å². The van der Waals surface area contributed by atoms with Crippen molar-refractivity contribution in [2.24, 2.45) is 0 Å². The minimum Gasteiger partial charge on any atom is -0.461 e. The third kappa shape index (κ3) is 14.4. The quantitative estimate of drug-likeness (QED) is 0.226. The molecule has 0 saturated carbocycles. The van der Waals surface area contributed by atoms with E-state index in [1.54, 1.807) is 24.7 Å². The number of carbonyl (C=O) groups is 1. The second-order valence-electron chi connectivity index (χ2n) is 8.71. The van der Waals surface area contributed by atoms with Crippen molar-refractivity contribution in [2.45, 2.75) is 61.7 Å². The first-order chi connectivity index (χ1) is 18.0. The summed E-state index contributed by atoms with van der Waals surface area (Å²) in [5.74, 6) is -0.260. The van der Waals surface area contributed by atoms with Crippen molar-refractivity contribution < 1.29 is 24.6 Å². The van der Waals surface area contributed by atoms with Crippen molar-refractivity contribution in [1.82, 2.24) is 15.0 Å². The van der Waals surface area contributed by atoms with Gasteiger partial charge in [0.15, 0.2) is 0 Å². The van der Waals surface area contributed by atoms with Crippen LogP contribution < -0.4 is 4.73 Å². The van der Waals surface area contributed by atoms with Crippen molar-refractivity contribution in [1.29, 1.82) is 0 Å². The van der Waals surface area contributed by atoms with E-state index in [1.165, 1.54) is 12.5 Å². The highest BCUT2D eigenvalue weighted by atomic mass is 16.5. The van der Waals surface area contributed by atoms with E-state index in [9.17, 15) is 4.79 Å². The number of nitrogens with zero attached hydrogens (tertiary/aromatic N) is 4. The number of hydrogen-bond acceptors (Lipinski definition) is 7. The highest BCUT2D eigenvalue weighted by Gasteiger charge is 2.00. The molecule has 0 aromatic carbocycles. The number of ether oxygens (including phenoxy) is 1. The van der Waals surface area contributed by atoms with Gasteiger partial charge in [0.2, 0.25) is 11.9 Å². The molecule has 8 heteroatoms. The van der Waals surface area contributed by atoms with E-state index in [0.29, 0.717) is 6.61 Å². The number of rotatable bonds is 3. The molecule has 0 radical (unpaired) electrons. The summed E-state index contributed by atoms with van der Waals surface area (Å²) in [5.41, 5.74) is 8.15. The third-order valence-corrected chi connectivity index (χ3v) is 4.88. The molecule has 0 bridgehead atoms. The molecule has 202 valence electrons. The lowest BCUT2D eigenvalue weighted by atomic mass is 10.2. The van der Waals surface area contributed by atoms with Gasteiger partial charge in [0.25, 0.3) is 0 Å². The van der Waals surface area contributed by atoms with Crippen LogP contribution in [0.1, 0.15) is 52.0 Å². The highest BCUT2D eigenvalue weighted by molar-refractivity contribution is 5.65. The van der Waals surface area contributed by atoms with Crippen molar-refractivity contribution in [3.05, 3.63) is 118 Å². The smallest absolute Gasteiger partial charge is 0.302 e. The first kappa shape index (κ1) is 31.9. The Morgan fingerprint density at radius 2 is 1.26 bits per heavy atom. The zero-order valence-electron chi connectivity index (χ0n) is 23.3. The molecular formula is C30H39N4O4+. The lowest BCUT2D eigenvalue weighted by Crippen LogP contribution is -2.32. The van der Waals surface area contributed by atoms with E-state index < -0.39 is 0 Å². The Morgan fingerprint density at radius 3 is 1.66 bits per heavy atom. The van der Waals surface area contributed by atoms with Gasteiger partial charge in [-0.2, -0.15) is 0 Å². The van der Waals surface area contributed by atoms with Gasteiger partial charge in [0.1, 0.15) is 6.61 Å². The summed E-state index contributed by atoms with van der Waals surface area (Å²) in [7, 11) is 0. The molecule has 38 heavy (non-hydrogen) atoms. The molecule has 4 aromatic heterocycles. The lowest BCUT2D eigenvalue weighted by molar-refractivity contribution is -0.908. The molecule has 0 fully saturated rings. The fraction of sp³-hybridized carbons (Fsp3) is 0.300.